The summed E-state index contributed by atoms with van der Waals surface area (Å²) in [6, 6.07) is 0. The van der Waals surface area contributed by atoms with E-state index in [4.69, 9.17) is 5.53 Å². The number of likely N-dealkylation sites (tertiary alicyclic amines) is 1. The van der Waals surface area contributed by atoms with E-state index in [9.17, 15) is 0 Å². The summed E-state index contributed by atoms with van der Waals surface area (Å²) in [6.07, 6.45) is 6.43. The van der Waals surface area contributed by atoms with E-state index in [2.05, 4.69) is 21.8 Å². The predicted molar refractivity (Wildman–Crippen MR) is 62.7 cm³/mol. The first-order valence-electron chi connectivity index (χ1n) is 6.10. The Hall–Kier alpha value is -0.730. The molecule has 15 heavy (non-hydrogen) atoms. The first-order valence-corrected chi connectivity index (χ1v) is 6.10. The molecule has 1 fully saturated rings. The van der Waals surface area contributed by atoms with E-state index in [1.165, 1.54) is 38.8 Å². The Morgan fingerprint density at radius 2 is 2.13 bits per heavy atom. The number of hydrogen-bond donors (Lipinski definition) is 0. The van der Waals surface area contributed by atoms with Gasteiger partial charge in [0.25, 0.3) is 0 Å². The summed E-state index contributed by atoms with van der Waals surface area (Å²) in [5.74, 6) is 0.961. The predicted octanol–water partition coefficient (Wildman–Crippen LogP) is 3.20. The largest absolute Gasteiger partial charge is 0.303 e. The van der Waals surface area contributed by atoms with Crippen LogP contribution < -0.4 is 0 Å². The molecule has 0 aromatic carbocycles. The molecule has 4 nitrogen and oxygen atoms in total. The molecular formula is C11H22N4. The van der Waals surface area contributed by atoms with Crippen LogP contribution in [0.4, 0.5) is 0 Å². The fourth-order valence-electron chi connectivity index (χ4n) is 2.32. The highest BCUT2D eigenvalue weighted by molar-refractivity contribution is 4.72. The Morgan fingerprint density at radius 1 is 1.40 bits per heavy atom. The molecular weight excluding hydrogens is 188 g/mol. The minimum atomic E-state index is 0.644. The van der Waals surface area contributed by atoms with Crippen LogP contribution in [0.25, 0.3) is 10.4 Å². The molecule has 0 unspecified atom stereocenters. The molecule has 0 aromatic heterocycles. The molecule has 0 atom stereocenters. The molecule has 86 valence electrons. The summed E-state index contributed by atoms with van der Waals surface area (Å²) in [5.41, 5.74) is 8.14. The molecule has 1 aliphatic heterocycles. The highest BCUT2D eigenvalue weighted by atomic mass is 15.1. The van der Waals surface area contributed by atoms with Crippen molar-refractivity contribution in [3.8, 4) is 0 Å². The molecule has 0 bridgehead atoms. The standard InChI is InChI=1S/C11H22N4/c1-2-4-11-5-9-15(10-6-11)8-3-7-13-14-12/h11H,2-10H2,1H3. The Labute approximate surface area is 92.3 Å². The van der Waals surface area contributed by atoms with Gasteiger partial charge in [-0.3, -0.25) is 0 Å². The zero-order valence-electron chi connectivity index (χ0n) is 9.73. The molecule has 0 aromatic rings. The van der Waals surface area contributed by atoms with Crippen LogP contribution in [0.2, 0.25) is 0 Å². The third kappa shape index (κ3) is 5.05. The maximum Gasteiger partial charge on any atom is 0.0270 e. The third-order valence-corrected chi connectivity index (χ3v) is 3.20. The monoisotopic (exact) mass is 210 g/mol. The van der Waals surface area contributed by atoms with Gasteiger partial charge in [0.2, 0.25) is 0 Å². The highest BCUT2D eigenvalue weighted by Gasteiger charge is 2.17. The normalized spacial score (nSPS) is 18.7. The van der Waals surface area contributed by atoms with Crippen molar-refractivity contribution in [3.63, 3.8) is 0 Å². The van der Waals surface area contributed by atoms with Crippen molar-refractivity contribution in [1.82, 2.24) is 4.90 Å². The fraction of sp³-hybridized carbons (Fsp3) is 1.00. The van der Waals surface area contributed by atoms with Gasteiger partial charge < -0.3 is 4.90 Å². The molecule has 1 aliphatic rings. The average Bonchev–Trinajstić information content (AvgIpc) is 2.27. The second-order valence-corrected chi connectivity index (χ2v) is 4.38. The zero-order chi connectivity index (χ0) is 10.9. The van der Waals surface area contributed by atoms with Crippen molar-refractivity contribution >= 4 is 0 Å². The van der Waals surface area contributed by atoms with Gasteiger partial charge in [-0.2, -0.15) is 0 Å². The van der Waals surface area contributed by atoms with Crippen LogP contribution in [0.3, 0.4) is 0 Å². The summed E-state index contributed by atoms with van der Waals surface area (Å²) >= 11 is 0. The number of rotatable bonds is 6. The molecule has 1 rings (SSSR count). The van der Waals surface area contributed by atoms with Crippen LogP contribution in [-0.2, 0) is 0 Å². The number of piperidine rings is 1. The Kier molecular flexibility index (Phi) is 6.21. The molecule has 0 N–H and O–H groups in total. The van der Waals surface area contributed by atoms with Crippen molar-refractivity contribution in [2.75, 3.05) is 26.2 Å². The van der Waals surface area contributed by atoms with Gasteiger partial charge >= 0.3 is 0 Å². The summed E-state index contributed by atoms with van der Waals surface area (Å²) in [7, 11) is 0. The van der Waals surface area contributed by atoms with Gasteiger partial charge in [0, 0.05) is 11.5 Å². The van der Waals surface area contributed by atoms with Gasteiger partial charge in [-0.15, -0.1) is 0 Å². The van der Waals surface area contributed by atoms with E-state index >= 15 is 0 Å². The smallest absolute Gasteiger partial charge is 0.0270 e. The fourth-order valence-corrected chi connectivity index (χ4v) is 2.32. The molecule has 0 radical (unpaired) electrons. The van der Waals surface area contributed by atoms with Crippen LogP contribution in [-0.4, -0.2) is 31.1 Å². The van der Waals surface area contributed by atoms with E-state index in [-0.39, 0.29) is 0 Å². The SMILES string of the molecule is CCCC1CCN(CCCN=[N+]=[N-])CC1. The third-order valence-electron chi connectivity index (χ3n) is 3.20. The maximum atomic E-state index is 8.14. The van der Waals surface area contributed by atoms with Crippen molar-refractivity contribution < 1.29 is 0 Å². The van der Waals surface area contributed by atoms with Gasteiger partial charge in [0.15, 0.2) is 0 Å². The summed E-state index contributed by atoms with van der Waals surface area (Å²) in [5, 5.41) is 3.55. The van der Waals surface area contributed by atoms with E-state index in [0.29, 0.717) is 6.54 Å². The van der Waals surface area contributed by atoms with Gasteiger partial charge in [0.05, 0.1) is 0 Å². The van der Waals surface area contributed by atoms with Gasteiger partial charge in [-0.05, 0) is 50.3 Å². The van der Waals surface area contributed by atoms with Crippen LogP contribution >= 0.6 is 0 Å². The lowest BCUT2D eigenvalue weighted by atomic mass is 9.92. The molecule has 0 spiro atoms. The quantitative estimate of drug-likeness (QED) is 0.287. The summed E-state index contributed by atoms with van der Waals surface area (Å²) < 4.78 is 0. The topological polar surface area (TPSA) is 52.0 Å². The highest BCUT2D eigenvalue weighted by Crippen LogP contribution is 2.21. The van der Waals surface area contributed by atoms with Crippen LogP contribution in [0, 0.1) is 5.92 Å². The van der Waals surface area contributed by atoms with Crippen molar-refractivity contribution in [2.45, 2.75) is 39.0 Å². The zero-order valence-corrected chi connectivity index (χ0v) is 9.73. The van der Waals surface area contributed by atoms with E-state index < -0.39 is 0 Å². The Balaban J connectivity index is 2.06. The molecule has 0 saturated carbocycles. The number of nitrogens with zero attached hydrogens (tertiary/aromatic N) is 4. The first-order chi connectivity index (χ1) is 7.36. The van der Waals surface area contributed by atoms with E-state index in [1.54, 1.807) is 0 Å². The van der Waals surface area contributed by atoms with Crippen LogP contribution in [0.15, 0.2) is 5.11 Å². The Morgan fingerprint density at radius 3 is 2.73 bits per heavy atom. The lowest BCUT2D eigenvalue weighted by molar-refractivity contribution is 0.178. The minimum absolute atomic E-state index is 0.644. The van der Waals surface area contributed by atoms with Crippen molar-refractivity contribution in [2.24, 2.45) is 11.0 Å². The minimum Gasteiger partial charge on any atom is -0.303 e. The molecule has 0 aliphatic carbocycles. The van der Waals surface area contributed by atoms with Crippen LogP contribution in [0.5, 0.6) is 0 Å². The second kappa shape index (κ2) is 7.55. The van der Waals surface area contributed by atoms with Crippen molar-refractivity contribution in [3.05, 3.63) is 10.4 Å². The molecule has 1 saturated heterocycles. The lowest BCUT2D eigenvalue weighted by Gasteiger charge is -2.31. The number of azide groups is 1. The average molecular weight is 210 g/mol. The molecule has 4 heteroatoms. The van der Waals surface area contributed by atoms with Gasteiger partial charge in [-0.25, -0.2) is 0 Å². The van der Waals surface area contributed by atoms with Crippen LogP contribution in [0.1, 0.15) is 39.0 Å². The number of hydrogen-bond acceptors (Lipinski definition) is 2. The van der Waals surface area contributed by atoms with E-state index in [1.807, 2.05) is 0 Å². The molecule has 1 heterocycles. The van der Waals surface area contributed by atoms with Crippen molar-refractivity contribution in [1.29, 1.82) is 0 Å². The van der Waals surface area contributed by atoms with Gasteiger partial charge in [-0.1, -0.05) is 24.9 Å². The van der Waals surface area contributed by atoms with E-state index in [0.717, 1.165) is 18.9 Å². The summed E-state index contributed by atoms with van der Waals surface area (Å²) in [6.45, 7) is 6.48. The lowest BCUT2D eigenvalue weighted by Crippen LogP contribution is -2.34. The molecule has 0 amide bonds. The first kappa shape index (κ1) is 12.3. The summed E-state index contributed by atoms with van der Waals surface area (Å²) in [4.78, 5) is 5.26. The Bertz CT molecular complexity index is 203. The maximum absolute atomic E-state index is 8.14. The van der Waals surface area contributed by atoms with Gasteiger partial charge in [0.1, 0.15) is 0 Å². The second-order valence-electron chi connectivity index (χ2n) is 4.38.